The van der Waals surface area contributed by atoms with Gasteiger partial charge in [0, 0.05) is 6.07 Å². The van der Waals surface area contributed by atoms with E-state index in [2.05, 4.69) is 4.74 Å². The number of hydrogen-bond acceptors (Lipinski definition) is 6. The van der Waals surface area contributed by atoms with E-state index >= 15 is 0 Å². The van der Waals surface area contributed by atoms with E-state index in [1.165, 1.54) is 6.07 Å². The summed E-state index contributed by atoms with van der Waals surface area (Å²) in [6.07, 6.45) is -2.33. The molecule has 0 aliphatic carbocycles. The van der Waals surface area contributed by atoms with Crippen LogP contribution in [0.4, 0.5) is 14.5 Å². The third kappa shape index (κ3) is 3.15. The molecule has 1 unspecified atom stereocenters. The first kappa shape index (κ1) is 15.3. The molecule has 0 heterocycles. The van der Waals surface area contributed by atoms with Crippen molar-refractivity contribution in [2.24, 2.45) is 0 Å². The van der Waals surface area contributed by atoms with Gasteiger partial charge >= 0.3 is 12.6 Å². The Balaban J connectivity index is 3.56. The monoisotopic (exact) mass is 288 g/mol. The summed E-state index contributed by atoms with van der Waals surface area (Å²) >= 11 is 0. The van der Waals surface area contributed by atoms with Crippen LogP contribution >= 0.6 is 0 Å². The third-order valence-corrected chi connectivity index (χ3v) is 2.18. The molecule has 0 aliphatic rings. The quantitative estimate of drug-likeness (QED) is 0.613. The van der Waals surface area contributed by atoms with Gasteiger partial charge in [0.1, 0.15) is 5.75 Å². The highest BCUT2D eigenvalue weighted by molar-refractivity contribution is 5.77. The highest BCUT2D eigenvalue weighted by Gasteiger charge is 2.28. The minimum absolute atomic E-state index is 0.508. The summed E-state index contributed by atoms with van der Waals surface area (Å²) in [7, 11) is 0. The number of aliphatic hydroxyl groups excluding tert-OH is 1. The first-order valence-electron chi connectivity index (χ1n) is 4.86. The summed E-state index contributed by atoms with van der Waals surface area (Å²) in [6, 6.07) is 2.55. The fourth-order valence-corrected chi connectivity index (χ4v) is 1.41. The van der Waals surface area contributed by atoms with Crippen molar-refractivity contribution in [3.05, 3.63) is 33.4 Å². The Morgan fingerprint density at radius 3 is 2.50 bits per heavy atom. The summed E-state index contributed by atoms with van der Waals surface area (Å²) in [6.45, 7) is -3.41. The second-order valence-corrected chi connectivity index (χ2v) is 3.39. The largest absolute Gasteiger partial charge is 0.479 e. The molecular weight excluding hydrogens is 282 g/mol. The van der Waals surface area contributed by atoms with Gasteiger partial charge in [0.25, 0.3) is 5.69 Å². The van der Waals surface area contributed by atoms with Gasteiger partial charge in [0.2, 0.25) is 0 Å². The zero-order valence-corrected chi connectivity index (χ0v) is 9.49. The maximum Gasteiger partial charge on any atom is 0.387 e. The number of benzene rings is 1. The van der Waals surface area contributed by atoms with E-state index in [9.17, 15) is 28.8 Å². The number of carbonyl (C=O) groups is 1. The Labute approximate surface area is 109 Å². The summed E-state index contributed by atoms with van der Waals surface area (Å²) < 4.78 is 28.4. The molecule has 1 aromatic rings. The number of halogens is 2. The van der Waals surface area contributed by atoms with E-state index in [1.54, 1.807) is 0 Å². The lowest BCUT2D eigenvalue weighted by molar-refractivity contribution is -0.385. The van der Waals surface area contributed by atoms with Crippen molar-refractivity contribution in [1.29, 1.82) is 5.26 Å². The molecule has 0 radical (unpaired) electrons. The predicted molar refractivity (Wildman–Crippen MR) is 57.0 cm³/mol. The average molecular weight is 288 g/mol. The summed E-state index contributed by atoms with van der Waals surface area (Å²) in [4.78, 5) is 20.3. The van der Waals surface area contributed by atoms with E-state index in [0.717, 1.165) is 0 Å². The van der Waals surface area contributed by atoms with Crippen LogP contribution in [0.25, 0.3) is 0 Å². The normalized spacial score (nSPS) is 11.8. The lowest BCUT2D eigenvalue weighted by Crippen LogP contribution is -2.15. The van der Waals surface area contributed by atoms with Crippen molar-refractivity contribution in [2.75, 3.05) is 0 Å². The fourth-order valence-electron chi connectivity index (χ4n) is 1.41. The van der Waals surface area contributed by atoms with Gasteiger partial charge in [-0.15, -0.1) is 0 Å². The molecule has 0 saturated heterocycles. The van der Waals surface area contributed by atoms with Crippen LogP contribution < -0.4 is 4.74 Å². The Kier molecular flexibility index (Phi) is 4.50. The molecule has 1 atom stereocenters. The minimum Gasteiger partial charge on any atom is -0.479 e. The Morgan fingerprint density at radius 2 is 2.10 bits per heavy atom. The van der Waals surface area contributed by atoms with Crippen LogP contribution in [0.5, 0.6) is 5.75 Å². The number of nitro benzene ring substituents is 1. The SMILES string of the molecule is N#Cc1cc([N+](=O)[O-])cc(OC(F)F)c1C(O)C(=O)O. The summed E-state index contributed by atoms with van der Waals surface area (Å²) in [5.41, 5.74) is -2.17. The second kappa shape index (κ2) is 5.89. The molecule has 0 fully saturated rings. The molecule has 8 nitrogen and oxygen atoms in total. The maximum absolute atomic E-state index is 12.2. The number of non-ortho nitro benzene ring substituents is 1. The van der Waals surface area contributed by atoms with Gasteiger partial charge < -0.3 is 14.9 Å². The lowest BCUT2D eigenvalue weighted by Gasteiger charge is -2.14. The number of aliphatic carboxylic acids is 1. The number of nitro groups is 1. The summed E-state index contributed by atoms with van der Waals surface area (Å²) in [5.74, 6) is -2.77. The van der Waals surface area contributed by atoms with Crippen LogP contribution in [0, 0.1) is 21.4 Å². The smallest absolute Gasteiger partial charge is 0.387 e. The van der Waals surface area contributed by atoms with E-state index in [1.807, 2.05) is 0 Å². The molecule has 1 aromatic carbocycles. The number of nitriles is 1. The maximum atomic E-state index is 12.2. The van der Waals surface area contributed by atoms with Crippen molar-refractivity contribution in [1.82, 2.24) is 0 Å². The van der Waals surface area contributed by atoms with Crippen molar-refractivity contribution in [3.63, 3.8) is 0 Å². The van der Waals surface area contributed by atoms with E-state index < -0.39 is 46.2 Å². The number of hydrogen-bond donors (Lipinski definition) is 2. The molecule has 0 saturated carbocycles. The third-order valence-electron chi connectivity index (χ3n) is 2.18. The van der Waals surface area contributed by atoms with Crippen LogP contribution in [0.15, 0.2) is 12.1 Å². The predicted octanol–water partition coefficient (Wildman–Crippen LogP) is 1.19. The summed E-state index contributed by atoms with van der Waals surface area (Å²) in [5, 5.41) is 37.4. The van der Waals surface area contributed by atoms with E-state index in [4.69, 9.17) is 10.4 Å². The van der Waals surface area contributed by atoms with Crippen LogP contribution in [0.1, 0.15) is 17.2 Å². The zero-order chi connectivity index (χ0) is 15.4. The molecule has 0 aromatic heterocycles. The second-order valence-electron chi connectivity index (χ2n) is 3.39. The van der Waals surface area contributed by atoms with Gasteiger partial charge in [-0.2, -0.15) is 14.0 Å². The number of carboxylic acid groups (broad SMARTS) is 1. The number of nitrogens with zero attached hydrogens (tertiary/aromatic N) is 2. The van der Waals surface area contributed by atoms with Crippen LogP contribution in [-0.4, -0.2) is 27.7 Å². The van der Waals surface area contributed by atoms with Crippen molar-refractivity contribution in [3.8, 4) is 11.8 Å². The van der Waals surface area contributed by atoms with Gasteiger partial charge in [-0.25, -0.2) is 4.79 Å². The highest BCUT2D eigenvalue weighted by Crippen LogP contribution is 2.34. The Bertz CT molecular complexity index is 598. The molecule has 2 N–H and O–H groups in total. The van der Waals surface area contributed by atoms with Crippen LogP contribution in [-0.2, 0) is 4.79 Å². The first-order valence-corrected chi connectivity index (χ1v) is 4.86. The van der Waals surface area contributed by atoms with Crippen molar-refractivity contribution < 1.29 is 33.4 Å². The van der Waals surface area contributed by atoms with E-state index in [0.29, 0.717) is 12.1 Å². The fraction of sp³-hybridized carbons (Fsp3) is 0.200. The van der Waals surface area contributed by atoms with Gasteiger partial charge in [-0.1, -0.05) is 0 Å². The number of carboxylic acids is 1. The molecule has 10 heteroatoms. The highest BCUT2D eigenvalue weighted by atomic mass is 19.3. The van der Waals surface area contributed by atoms with Gasteiger partial charge in [-0.3, -0.25) is 10.1 Å². The lowest BCUT2D eigenvalue weighted by atomic mass is 10.0. The molecule has 1 rings (SSSR count). The number of alkyl halides is 2. The van der Waals surface area contributed by atoms with Crippen molar-refractivity contribution in [2.45, 2.75) is 12.7 Å². The molecule has 0 aliphatic heterocycles. The molecule has 0 amide bonds. The minimum atomic E-state index is -3.41. The van der Waals surface area contributed by atoms with Gasteiger partial charge in [-0.05, 0) is 0 Å². The van der Waals surface area contributed by atoms with Gasteiger partial charge in [0.15, 0.2) is 6.10 Å². The molecule has 0 spiro atoms. The van der Waals surface area contributed by atoms with Gasteiger partial charge in [0.05, 0.1) is 28.2 Å². The van der Waals surface area contributed by atoms with Crippen LogP contribution in [0.2, 0.25) is 0 Å². The van der Waals surface area contributed by atoms with Crippen molar-refractivity contribution >= 4 is 11.7 Å². The average Bonchev–Trinajstić information content (AvgIpc) is 2.35. The Hall–Kier alpha value is -2.80. The first-order chi connectivity index (χ1) is 9.27. The standard InChI is InChI=1S/C10H6F2N2O6/c11-10(12)20-6-2-5(14(18)19)1-4(3-13)7(6)8(15)9(16)17/h1-2,8,10,15H,(H,16,17). The zero-order valence-electron chi connectivity index (χ0n) is 9.49. The Morgan fingerprint density at radius 1 is 1.50 bits per heavy atom. The topological polar surface area (TPSA) is 134 Å². The van der Waals surface area contributed by atoms with E-state index in [-0.39, 0.29) is 0 Å². The number of ether oxygens (including phenoxy) is 1. The molecular formula is C10H6F2N2O6. The molecule has 0 bridgehead atoms. The molecule has 106 valence electrons. The van der Waals surface area contributed by atoms with Crippen LogP contribution in [0.3, 0.4) is 0 Å². The number of rotatable bonds is 5. The number of aliphatic hydroxyl groups is 1. The molecule has 20 heavy (non-hydrogen) atoms.